The molecule has 0 radical (unpaired) electrons. The van der Waals surface area contributed by atoms with Crippen molar-refractivity contribution in [1.29, 1.82) is 0 Å². The first-order valence-corrected chi connectivity index (χ1v) is 4.10. The minimum atomic E-state index is -0.489. The highest BCUT2D eigenvalue weighted by molar-refractivity contribution is 5.85. The average molecular weight is 196 g/mol. The Morgan fingerprint density at radius 2 is 2.08 bits per heavy atom. The summed E-state index contributed by atoms with van der Waals surface area (Å²) in [7, 11) is 0. The van der Waals surface area contributed by atoms with Crippen LogP contribution >= 0.6 is 12.4 Å². The molecule has 0 aliphatic heterocycles. The molecule has 0 aromatic heterocycles. The first kappa shape index (κ1) is 14.3. The van der Waals surface area contributed by atoms with E-state index >= 15 is 0 Å². The summed E-state index contributed by atoms with van der Waals surface area (Å²) in [6.45, 7) is 4.24. The molecule has 74 valence electrons. The zero-order chi connectivity index (χ0) is 8.69. The molecular formula is C8H18ClNO2. The number of carbonyl (C=O) groups excluding carboxylic acids is 1. The van der Waals surface area contributed by atoms with Crippen molar-refractivity contribution in [1.82, 2.24) is 0 Å². The van der Waals surface area contributed by atoms with Gasteiger partial charge >= 0.3 is 5.97 Å². The Hall–Kier alpha value is -0.280. The van der Waals surface area contributed by atoms with Gasteiger partial charge in [0.1, 0.15) is 6.04 Å². The van der Waals surface area contributed by atoms with Crippen LogP contribution in [-0.2, 0) is 9.53 Å². The summed E-state index contributed by atoms with van der Waals surface area (Å²) in [6.07, 6.45) is 3.18. The van der Waals surface area contributed by atoms with Gasteiger partial charge in [-0.25, -0.2) is 0 Å². The fraction of sp³-hybridized carbons (Fsp3) is 0.875. The zero-order valence-electron chi connectivity index (χ0n) is 7.71. The molecule has 0 heterocycles. The van der Waals surface area contributed by atoms with Gasteiger partial charge < -0.3 is 10.5 Å². The second-order valence-electron chi connectivity index (χ2n) is 2.66. The highest BCUT2D eigenvalue weighted by atomic mass is 35.5. The van der Waals surface area contributed by atoms with Crippen molar-refractivity contribution < 1.29 is 9.53 Å². The van der Waals surface area contributed by atoms with E-state index in [-0.39, 0.29) is 18.4 Å². The fourth-order valence-corrected chi connectivity index (χ4v) is 0.656. The number of esters is 1. The van der Waals surface area contributed by atoms with Gasteiger partial charge in [0, 0.05) is 0 Å². The van der Waals surface area contributed by atoms with E-state index in [0.717, 1.165) is 19.3 Å². The van der Waals surface area contributed by atoms with E-state index < -0.39 is 6.04 Å². The number of carbonyl (C=O) groups is 1. The number of hydrogen-bond donors (Lipinski definition) is 1. The normalized spacial score (nSPS) is 11.6. The van der Waals surface area contributed by atoms with E-state index in [9.17, 15) is 4.79 Å². The smallest absolute Gasteiger partial charge is 0.322 e. The molecule has 0 bridgehead atoms. The molecule has 0 rings (SSSR count). The summed E-state index contributed by atoms with van der Waals surface area (Å²) in [5.41, 5.74) is 5.28. The van der Waals surface area contributed by atoms with Crippen molar-refractivity contribution in [3.8, 4) is 0 Å². The van der Waals surface area contributed by atoms with Crippen molar-refractivity contribution in [3.05, 3.63) is 0 Å². The maximum atomic E-state index is 10.8. The van der Waals surface area contributed by atoms with Gasteiger partial charge in [0.05, 0.1) is 6.61 Å². The fourth-order valence-electron chi connectivity index (χ4n) is 0.656. The van der Waals surface area contributed by atoms with E-state index in [0.29, 0.717) is 6.61 Å². The predicted molar refractivity (Wildman–Crippen MR) is 51.4 cm³/mol. The summed E-state index contributed by atoms with van der Waals surface area (Å²) in [4.78, 5) is 10.8. The lowest BCUT2D eigenvalue weighted by molar-refractivity contribution is -0.144. The maximum Gasteiger partial charge on any atom is 0.322 e. The Kier molecular flexibility index (Phi) is 10.5. The van der Waals surface area contributed by atoms with Gasteiger partial charge in [-0.2, -0.15) is 0 Å². The number of hydrogen-bond acceptors (Lipinski definition) is 3. The molecule has 3 nitrogen and oxygen atoms in total. The molecule has 4 heteroatoms. The quantitative estimate of drug-likeness (QED) is 0.534. The van der Waals surface area contributed by atoms with E-state index in [1.807, 2.05) is 0 Å². The van der Waals surface area contributed by atoms with Crippen LogP contribution in [-0.4, -0.2) is 18.6 Å². The summed E-state index contributed by atoms with van der Waals surface area (Å²) < 4.78 is 4.84. The van der Waals surface area contributed by atoms with Crippen molar-refractivity contribution in [3.63, 3.8) is 0 Å². The Morgan fingerprint density at radius 3 is 2.50 bits per heavy atom. The molecule has 2 N–H and O–H groups in total. The molecule has 0 saturated carbocycles. The predicted octanol–water partition coefficient (Wildman–Crippen LogP) is 1.49. The van der Waals surface area contributed by atoms with Crippen molar-refractivity contribution in [2.45, 2.75) is 39.2 Å². The van der Waals surface area contributed by atoms with E-state index in [2.05, 4.69) is 6.92 Å². The lowest BCUT2D eigenvalue weighted by Gasteiger charge is -2.05. The topological polar surface area (TPSA) is 52.3 Å². The molecule has 12 heavy (non-hydrogen) atoms. The maximum absolute atomic E-state index is 10.8. The highest BCUT2D eigenvalue weighted by Crippen LogP contribution is 1.94. The van der Waals surface area contributed by atoms with Gasteiger partial charge in [0.25, 0.3) is 0 Å². The number of nitrogens with two attached hydrogens (primary N) is 1. The molecule has 0 amide bonds. The SMILES string of the molecule is CCCCCOC(=O)[C@@H](C)N.Cl. The zero-order valence-corrected chi connectivity index (χ0v) is 8.52. The van der Waals surface area contributed by atoms with Crippen molar-refractivity contribution >= 4 is 18.4 Å². The first-order valence-electron chi connectivity index (χ1n) is 4.10. The monoisotopic (exact) mass is 195 g/mol. The van der Waals surface area contributed by atoms with Crippen molar-refractivity contribution in [2.75, 3.05) is 6.61 Å². The Morgan fingerprint density at radius 1 is 1.50 bits per heavy atom. The van der Waals surface area contributed by atoms with Gasteiger partial charge in [0.15, 0.2) is 0 Å². The summed E-state index contributed by atoms with van der Waals surface area (Å²) >= 11 is 0. The van der Waals surface area contributed by atoms with Crippen LogP contribution in [0.4, 0.5) is 0 Å². The molecule has 0 fully saturated rings. The van der Waals surface area contributed by atoms with Gasteiger partial charge in [-0.1, -0.05) is 19.8 Å². The molecule has 0 saturated heterocycles. The van der Waals surface area contributed by atoms with Crippen LogP contribution in [0.5, 0.6) is 0 Å². The molecule has 0 aromatic rings. The van der Waals surface area contributed by atoms with Gasteiger partial charge in [-0.05, 0) is 13.3 Å². The Labute approximate surface area is 80.1 Å². The largest absolute Gasteiger partial charge is 0.465 e. The molecule has 0 spiro atoms. The lowest BCUT2D eigenvalue weighted by Crippen LogP contribution is -2.28. The highest BCUT2D eigenvalue weighted by Gasteiger charge is 2.06. The third-order valence-electron chi connectivity index (χ3n) is 1.36. The lowest BCUT2D eigenvalue weighted by atomic mass is 10.3. The van der Waals surface area contributed by atoms with Crippen LogP contribution in [0.3, 0.4) is 0 Å². The van der Waals surface area contributed by atoms with Crippen LogP contribution < -0.4 is 5.73 Å². The standard InChI is InChI=1S/C8H17NO2.ClH/c1-3-4-5-6-11-8(10)7(2)9;/h7H,3-6,9H2,1-2H3;1H/t7-;/m1./s1. The number of unbranched alkanes of at least 4 members (excludes halogenated alkanes) is 2. The van der Waals surface area contributed by atoms with E-state index in [1.54, 1.807) is 6.92 Å². The Balaban J connectivity index is 0. The first-order chi connectivity index (χ1) is 5.18. The second-order valence-corrected chi connectivity index (χ2v) is 2.66. The molecule has 0 aliphatic rings. The number of ether oxygens (including phenoxy) is 1. The van der Waals surface area contributed by atoms with E-state index in [4.69, 9.17) is 10.5 Å². The van der Waals surface area contributed by atoms with Gasteiger partial charge in [-0.15, -0.1) is 12.4 Å². The molecule has 1 atom stereocenters. The van der Waals surface area contributed by atoms with Crippen LogP contribution in [0.2, 0.25) is 0 Å². The van der Waals surface area contributed by atoms with Crippen LogP contribution in [0.15, 0.2) is 0 Å². The summed E-state index contributed by atoms with van der Waals surface area (Å²) in [6, 6.07) is -0.489. The molecule has 0 aliphatic carbocycles. The Bertz CT molecular complexity index is 118. The van der Waals surface area contributed by atoms with E-state index in [1.165, 1.54) is 0 Å². The average Bonchev–Trinajstić information content (AvgIpc) is 1.97. The molecule has 0 unspecified atom stereocenters. The minimum Gasteiger partial charge on any atom is -0.465 e. The van der Waals surface area contributed by atoms with Gasteiger partial charge in [0.2, 0.25) is 0 Å². The van der Waals surface area contributed by atoms with Crippen LogP contribution in [0.25, 0.3) is 0 Å². The number of rotatable bonds is 5. The summed E-state index contributed by atoms with van der Waals surface area (Å²) in [5.74, 6) is -0.305. The van der Waals surface area contributed by atoms with Crippen LogP contribution in [0, 0.1) is 0 Å². The third-order valence-corrected chi connectivity index (χ3v) is 1.36. The minimum absolute atomic E-state index is 0. The third kappa shape index (κ3) is 7.82. The van der Waals surface area contributed by atoms with Crippen LogP contribution in [0.1, 0.15) is 33.1 Å². The number of halogens is 1. The molecule has 0 aromatic carbocycles. The van der Waals surface area contributed by atoms with Crippen molar-refractivity contribution in [2.24, 2.45) is 5.73 Å². The molecular weight excluding hydrogens is 178 g/mol. The summed E-state index contributed by atoms with van der Waals surface area (Å²) in [5, 5.41) is 0. The van der Waals surface area contributed by atoms with Gasteiger partial charge in [-0.3, -0.25) is 4.79 Å². The second kappa shape index (κ2) is 8.81.